The molecule has 1 fully saturated rings. The lowest BCUT2D eigenvalue weighted by Gasteiger charge is -2.18. The predicted molar refractivity (Wildman–Crippen MR) is 103 cm³/mol. The zero-order chi connectivity index (χ0) is 21.2. The van der Waals surface area contributed by atoms with Crippen LogP contribution in [-0.2, 0) is 15.8 Å². The molecule has 29 heavy (non-hydrogen) atoms. The van der Waals surface area contributed by atoms with Gasteiger partial charge in [-0.25, -0.2) is 0 Å². The SMILES string of the molecule is Cc1ccc(O[C@@H](C)C(=O)Nc2ccc(NC(=O)C3CC3)cc2C(F)(F)F)cc1. The second kappa shape index (κ2) is 8.14. The van der Waals surface area contributed by atoms with Crippen LogP contribution in [0.3, 0.4) is 0 Å². The molecule has 5 nitrogen and oxygen atoms in total. The molecule has 0 spiro atoms. The van der Waals surface area contributed by atoms with E-state index < -0.39 is 29.4 Å². The summed E-state index contributed by atoms with van der Waals surface area (Å²) in [7, 11) is 0. The first-order valence-electron chi connectivity index (χ1n) is 9.20. The van der Waals surface area contributed by atoms with Gasteiger partial charge in [0, 0.05) is 11.6 Å². The number of nitrogens with one attached hydrogen (secondary N) is 2. The van der Waals surface area contributed by atoms with Crippen LogP contribution in [0.25, 0.3) is 0 Å². The van der Waals surface area contributed by atoms with Crippen molar-refractivity contribution >= 4 is 23.2 Å². The molecular formula is C21H21F3N2O3. The lowest BCUT2D eigenvalue weighted by Crippen LogP contribution is -2.31. The molecule has 2 aromatic rings. The fraction of sp³-hybridized carbons (Fsp3) is 0.333. The third kappa shape index (κ3) is 5.49. The van der Waals surface area contributed by atoms with Crippen molar-refractivity contribution in [2.24, 2.45) is 5.92 Å². The molecule has 0 bridgehead atoms. The summed E-state index contributed by atoms with van der Waals surface area (Å²) in [5.74, 6) is -0.711. The van der Waals surface area contributed by atoms with Crippen LogP contribution in [0.5, 0.6) is 5.75 Å². The average molecular weight is 406 g/mol. The Morgan fingerprint density at radius 1 is 1.07 bits per heavy atom. The Labute approximate surface area is 166 Å². The molecule has 0 radical (unpaired) electrons. The summed E-state index contributed by atoms with van der Waals surface area (Å²) in [5.41, 5.74) is -0.387. The number of carbonyl (C=O) groups excluding carboxylic acids is 2. The number of anilines is 2. The first kappa shape index (κ1) is 20.7. The van der Waals surface area contributed by atoms with Crippen LogP contribution in [0.2, 0.25) is 0 Å². The maximum Gasteiger partial charge on any atom is 0.418 e. The molecule has 1 aliphatic rings. The fourth-order valence-corrected chi connectivity index (χ4v) is 2.66. The number of hydrogen-bond acceptors (Lipinski definition) is 3. The number of ether oxygens (including phenoxy) is 1. The van der Waals surface area contributed by atoms with Crippen molar-refractivity contribution in [1.82, 2.24) is 0 Å². The Kier molecular flexibility index (Phi) is 5.81. The number of hydrogen-bond donors (Lipinski definition) is 2. The summed E-state index contributed by atoms with van der Waals surface area (Å²) in [5, 5.41) is 4.75. The van der Waals surface area contributed by atoms with Crippen LogP contribution in [-0.4, -0.2) is 17.9 Å². The van der Waals surface area contributed by atoms with Gasteiger partial charge in [0.15, 0.2) is 6.10 Å². The van der Waals surface area contributed by atoms with Crippen molar-refractivity contribution in [2.75, 3.05) is 10.6 Å². The van der Waals surface area contributed by atoms with E-state index in [9.17, 15) is 22.8 Å². The van der Waals surface area contributed by atoms with Crippen molar-refractivity contribution in [3.05, 3.63) is 53.6 Å². The van der Waals surface area contributed by atoms with E-state index in [-0.39, 0.29) is 17.5 Å². The first-order chi connectivity index (χ1) is 13.6. The molecule has 2 amide bonds. The second-order valence-corrected chi connectivity index (χ2v) is 7.08. The lowest BCUT2D eigenvalue weighted by molar-refractivity contribution is -0.137. The third-order valence-corrected chi connectivity index (χ3v) is 4.50. The van der Waals surface area contributed by atoms with Crippen molar-refractivity contribution < 1.29 is 27.5 Å². The third-order valence-electron chi connectivity index (χ3n) is 4.50. The molecule has 0 heterocycles. The van der Waals surface area contributed by atoms with E-state index >= 15 is 0 Å². The lowest BCUT2D eigenvalue weighted by atomic mass is 10.1. The Morgan fingerprint density at radius 3 is 2.31 bits per heavy atom. The zero-order valence-corrected chi connectivity index (χ0v) is 16.0. The molecule has 0 aromatic heterocycles. The summed E-state index contributed by atoms with van der Waals surface area (Å²) in [4.78, 5) is 24.2. The van der Waals surface area contributed by atoms with E-state index in [1.165, 1.54) is 13.0 Å². The number of alkyl halides is 3. The predicted octanol–water partition coefficient (Wildman–Crippen LogP) is 4.77. The smallest absolute Gasteiger partial charge is 0.418 e. The Balaban J connectivity index is 1.73. The maximum atomic E-state index is 13.5. The summed E-state index contributed by atoms with van der Waals surface area (Å²) in [6.07, 6.45) is -4.23. The molecule has 0 aliphatic heterocycles. The van der Waals surface area contributed by atoms with Gasteiger partial charge >= 0.3 is 6.18 Å². The summed E-state index contributed by atoms with van der Waals surface area (Å²) < 4.78 is 45.9. The van der Waals surface area contributed by atoms with Crippen LogP contribution in [0.4, 0.5) is 24.5 Å². The van der Waals surface area contributed by atoms with Gasteiger partial charge in [0.1, 0.15) is 5.75 Å². The van der Waals surface area contributed by atoms with Crippen LogP contribution >= 0.6 is 0 Å². The Morgan fingerprint density at radius 2 is 1.72 bits per heavy atom. The molecule has 1 aliphatic carbocycles. The highest BCUT2D eigenvalue weighted by Gasteiger charge is 2.35. The number of halogens is 3. The van der Waals surface area contributed by atoms with Gasteiger partial charge in [0.05, 0.1) is 11.3 Å². The summed E-state index contributed by atoms with van der Waals surface area (Å²) in [6, 6.07) is 10.2. The number of benzene rings is 2. The molecule has 154 valence electrons. The van der Waals surface area contributed by atoms with Crippen LogP contribution in [0.15, 0.2) is 42.5 Å². The van der Waals surface area contributed by atoms with Crippen LogP contribution in [0, 0.1) is 12.8 Å². The molecule has 2 N–H and O–H groups in total. The van der Waals surface area contributed by atoms with Gasteiger partial charge in [-0.3, -0.25) is 9.59 Å². The molecule has 0 saturated heterocycles. The monoisotopic (exact) mass is 406 g/mol. The first-order valence-corrected chi connectivity index (χ1v) is 9.20. The molecule has 3 rings (SSSR count). The van der Waals surface area contributed by atoms with Crippen molar-refractivity contribution in [3.8, 4) is 5.75 Å². The molecule has 1 saturated carbocycles. The normalized spacial score (nSPS) is 14.8. The molecule has 1 atom stereocenters. The van der Waals surface area contributed by atoms with Gasteiger partial charge in [-0.15, -0.1) is 0 Å². The van der Waals surface area contributed by atoms with E-state index in [1.54, 1.807) is 24.3 Å². The van der Waals surface area contributed by atoms with E-state index in [2.05, 4.69) is 10.6 Å². The van der Waals surface area contributed by atoms with Crippen LogP contribution in [0.1, 0.15) is 30.9 Å². The van der Waals surface area contributed by atoms with Gasteiger partial charge in [-0.1, -0.05) is 17.7 Å². The largest absolute Gasteiger partial charge is 0.481 e. The van der Waals surface area contributed by atoms with E-state index in [0.29, 0.717) is 5.75 Å². The van der Waals surface area contributed by atoms with Gasteiger partial charge < -0.3 is 15.4 Å². The molecule has 0 unspecified atom stereocenters. The number of amides is 2. The van der Waals surface area contributed by atoms with Gasteiger partial charge in [0.25, 0.3) is 5.91 Å². The minimum atomic E-state index is -4.70. The summed E-state index contributed by atoms with van der Waals surface area (Å²) in [6.45, 7) is 3.35. The quantitative estimate of drug-likeness (QED) is 0.726. The van der Waals surface area contributed by atoms with Crippen molar-refractivity contribution in [3.63, 3.8) is 0 Å². The van der Waals surface area contributed by atoms with Crippen LogP contribution < -0.4 is 15.4 Å². The minimum Gasteiger partial charge on any atom is -0.481 e. The highest BCUT2D eigenvalue weighted by molar-refractivity contribution is 5.97. The number of rotatable bonds is 6. The topological polar surface area (TPSA) is 67.4 Å². The molecule has 2 aromatic carbocycles. The zero-order valence-electron chi connectivity index (χ0n) is 16.0. The number of carbonyl (C=O) groups is 2. The maximum absolute atomic E-state index is 13.5. The minimum absolute atomic E-state index is 0.0381. The fourth-order valence-electron chi connectivity index (χ4n) is 2.66. The van der Waals surface area contributed by atoms with Gasteiger partial charge in [-0.2, -0.15) is 13.2 Å². The molecular weight excluding hydrogens is 385 g/mol. The Bertz CT molecular complexity index is 906. The van der Waals surface area contributed by atoms with Crippen molar-refractivity contribution in [1.29, 1.82) is 0 Å². The van der Waals surface area contributed by atoms with Gasteiger partial charge in [0.2, 0.25) is 5.91 Å². The Hall–Kier alpha value is -3.03. The highest BCUT2D eigenvalue weighted by Crippen LogP contribution is 2.37. The van der Waals surface area contributed by atoms with E-state index in [1.807, 2.05) is 6.92 Å². The van der Waals surface area contributed by atoms with Gasteiger partial charge in [-0.05, 0) is 57.0 Å². The highest BCUT2D eigenvalue weighted by atomic mass is 19.4. The number of aryl methyl sites for hydroxylation is 1. The van der Waals surface area contributed by atoms with E-state index in [0.717, 1.165) is 30.5 Å². The second-order valence-electron chi connectivity index (χ2n) is 7.08. The standard InChI is InChI=1S/C21H21F3N2O3/c1-12-3-8-16(9-4-12)29-13(2)19(27)26-18-10-7-15(11-17(18)21(22,23)24)25-20(28)14-5-6-14/h3-4,7-11,13-14H,5-6H2,1-2H3,(H,25,28)(H,26,27)/t13-/m0/s1. The molecule has 8 heteroatoms. The van der Waals surface area contributed by atoms with Crippen molar-refractivity contribution in [2.45, 2.75) is 39.0 Å². The summed E-state index contributed by atoms with van der Waals surface area (Å²) >= 11 is 0. The van der Waals surface area contributed by atoms with E-state index in [4.69, 9.17) is 4.74 Å². The average Bonchev–Trinajstić information content (AvgIpc) is 3.49.